The van der Waals surface area contributed by atoms with E-state index in [1.807, 2.05) is 27.7 Å². The van der Waals surface area contributed by atoms with Crippen molar-refractivity contribution in [2.45, 2.75) is 27.7 Å². The summed E-state index contributed by atoms with van der Waals surface area (Å²) in [5.74, 6) is -0.889. The van der Waals surface area contributed by atoms with E-state index < -0.39 is 11.9 Å². The van der Waals surface area contributed by atoms with E-state index in [1.54, 1.807) is 0 Å². The fourth-order valence-corrected chi connectivity index (χ4v) is 1.34. The highest BCUT2D eigenvalue weighted by Crippen LogP contribution is 2.20. The fourth-order valence-electron chi connectivity index (χ4n) is 1.34. The molecule has 0 aliphatic rings. The maximum Gasteiger partial charge on any atom is 0.330 e. The molecule has 0 bridgehead atoms. The topological polar surface area (TPSA) is 61.8 Å². The normalized spacial score (nSPS) is 11.6. The summed E-state index contributed by atoms with van der Waals surface area (Å²) in [4.78, 5) is 22.1. The van der Waals surface area contributed by atoms with Gasteiger partial charge in [0.2, 0.25) is 0 Å². The van der Waals surface area contributed by atoms with Crippen LogP contribution in [0, 0.1) is 10.8 Å². The van der Waals surface area contributed by atoms with E-state index in [0.717, 1.165) is 12.2 Å². The summed E-state index contributed by atoms with van der Waals surface area (Å²) in [6.07, 6.45) is 2.27. The molecule has 0 heterocycles. The van der Waals surface area contributed by atoms with Gasteiger partial charge in [0.25, 0.3) is 0 Å². The van der Waals surface area contributed by atoms with Crippen molar-refractivity contribution in [1.29, 1.82) is 0 Å². The zero-order valence-electron chi connectivity index (χ0n) is 13.4. The number of carbonyl (C=O) groups excluding carboxylic acids is 2. The molecule has 0 aromatic carbocycles. The molecule has 0 saturated carbocycles. The predicted molar refractivity (Wildman–Crippen MR) is 80.7 cm³/mol. The zero-order chi connectivity index (χ0) is 16.5. The van der Waals surface area contributed by atoms with E-state index in [0.29, 0.717) is 13.2 Å². The van der Waals surface area contributed by atoms with Crippen LogP contribution in [0.25, 0.3) is 0 Å². The van der Waals surface area contributed by atoms with Gasteiger partial charge in [-0.25, -0.2) is 9.59 Å². The van der Waals surface area contributed by atoms with Crippen LogP contribution in [0.3, 0.4) is 0 Å². The van der Waals surface area contributed by atoms with Gasteiger partial charge < -0.3 is 14.2 Å². The Hall–Kier alpha value is -1.62. The number of carbonyl (C=O) groups is 2. The number of rotatable bonds is 10. The SMILES string of the molecule is C=CC(=O)OCC(C)(C)COCC(C)(C)COC(=O)C=C. The molecule has 0 aliphatic carbocycles. The molecular weight excluding hydrogens is 272 g/mol. The van der Waals surface area contributed by atoms with Crippen LogP contribution in [0.15, 0.2) is 25.3 Å². The van der Waals surface area contributed by atoms with Gasteiger partial charge in [0.15, 0.2) is 0 Å². The Balaban J connectivity index is 4.08. The minimum absolute atomic E-state index is 0.254. The molecular formula is C16H26O5. The van der Waals surface area contributed by atoms with Crippen LogP contribution in [0.2, 0.25) is 0 Å². The lowest BCUT2D eigenvalue weighted by Crippen LogP contribution is -2.32. The average molecular weight is 298 g/mol. The van der Waals surface area contributed by atoms with Crippen LogP contribution in [0.5, 0.6) is 0 Å². The minimum atomic E-state index is -0.445. The van der Waals surface area contributed by atoms with Crippen molar-refractivity contribution in [3.05, 3.63) is 25.3 Å². The van der Waals surface area contributed by atoms with Gasteiger partial charge in [-0.1, -0.05) is 40.9 Å². The van der Waals surface area contributed by atoms with Crippen molar-refractivity contribution in [1.82, 2.24) is 0 Å². The Morgan fingerprint density at radius 3 is 1.43 bits per heavy atom. The summed E-state index contributed by atoms with van der Waals surface area (Å²) in [7, 11) is 0. The van der Waals surface area contributed by atoms with Gasteiger partial charge in [0, 0.05) is 23.0 Å². The van der Waals surface area contributed by atoms with Gasteiger partial charge in [-0.2, -0.15) is 0 Å². The van der Waals surface area contributed by atoms with E-state index >= 15 is 0 Å². The van der Waals surface area contributed by atoms with Gasteiger partial charge in [0.05, 0.1) is 26.4 Å². The molecule has 5 nitrogen and oxygen atoms in total. The van der Waals surface area contributed by atoms with Crippen LogP contribution in [0.4, 0.5) is 0 Å². The van der Waals surface area contributed by atoms with Crippen molar-refractivity contribution in [3.63, 3.8) is 0 Å². The minimum Gasteiger partial charge on any atom is -0.462 e. The van der Waals surface area contributed by atoms with E-state index in [-0.39, 0.29) is 24.0 Å². The van der Waals surface area contributed by atoms with Crippen molar-refractivity contribution in [3.8, 4) is 0 Å². The quantitative estimate of drug-likeness (QED) is 0.458. The molecule has 0 rings (SSSR count). The highest BCUT2D eigenvalue weighted by atomic mass is 16.5. The van der Waals surface area contributed by atoms with E-state index in [1.165, 1.54) is 0 Å². The molecule has 0 aromatic rings. The largest absolute Gasteiger partial charge is 0.462 e. The summed E-state index contributed by atoms with van der Waals surface area (Å²) >= 11 is 0. The molecule has 0 spiro atoms. The van der Waals surface area contributed by atoms with Gasteiger partial charge in [-0.15, -0.1) is 0 Å². The molecule has 0 aromatic heterocycles. The number of ether oxygens (including phenoxy) is 3. The van der Waals surface area contributed by atoms with E-state index in [2.05, 4.69) is 13.2 Å². The van der Waals surface area contributed by atoms with Gasteiger partial charge >= 0.3 is 11.9 Å². The zero-order valence-corrected chi connectivity index (χ0v) is 13.4. The van der Waals surface area contributed by atoms with Crippen LogP contribution < -0.4 is 0 Å². The second-order valence-corrected chi connectivity index (χ2v) is 6.44. The molecule has 0 N–H and O–H groups in total. The Morgan fingerprint density at radius 2 is 1.14 bits per heavy atom. The number of esters is 2. The molecule has 21 heavy (non-hydrogen) atoms. The maximum absolute atomic E-state index is 11.0. The molecule has 5 heteroatoms. The maximum atomic E-state index is 11.0. The Labute approximate surface area is 126 Å². The van der Waals surface area contributed by atoms with Crippen molar-refractivity contribution in [2.75, 3.05) is 26.4 Å². The molecule has 0 aliphatic heterocycles. The first-order chi connectivity index (χ1) is 9.62. The smallest absolute Gasteiger partial charge is 0.330 e. The Bertz CT molecular complexity index is 346. The fraction of sp³-hybridized carbons (Fsp3) is 0.625. The second kappa shape index (κ2) is 8.62. The van der Waals surface area contributed by atoms with Crippen LogP contribution in [0.1, 0.15) is 27.7 Å². The lowest BCUT2D eigenvalue weighted by Gasteiger charge is -2.28. The highest BCUT2D eigenvalue weighted by Gasteiger charge is 2.24. The number of hydrogen-bond acceptors (Lipinski definition) is 5. The Morgan fingerprint density at radius 1 is 0.810 bits per heavy atom. The van der Waals surface area contributed by atoms with Gasteiger partial charge in [-0.05, 0) is 0 Å². The monoisotopic (exact) mass is 298 g/mol. The van der Waals surface area contributed by atoms with Gasteiger partial charge in [-0.3, -0.25) is 0 Å². The highest BCUT2D eigenvalue weighted by molar-refractivity contribution is 5.81. The van der Waals surface area contributed by atoms with Crippen LogP contribution in [-0.4, -0.2) is 38.4 Å². The summed E-state index contributed by atoms with van der Waals surface area (Å²) in [5.41, 5.74) is -0.598. The standard InChI is InChI=1S/C16H26O5/c1-7-13(17)20-11-15(3,4)9-19-10-16(5,6)12-21-14(18)8-2/h7-8H,1-2,9-12H2,3-6H3. The lowest BCUT2D eigenvalue weighted by molar-refractivity contribution is -0.143. The molecule has 0 amide bonds. The first-order valence-electron chi connectivity index (χ1n) is 6.78. The molecule has 0 saturated heterocycles. The summed E-state index contributed by atoms with van der Waals surface area (Å²) in [6.45, 7) is 15.8. The molecule has 0 radical (unpaired) electrons. The third-order valence-electron chi connectivity index (χ3n) is 2.53. The van der Waals surface area contributed by atoms with Gasteiger partial charge in [0.1, 0.15) is 0 Å². The van der Waals surface area contributed by atoms with Crippen molar-refractivity contribution < 1.29 is 23.8 Å². The molecule has 120 valence electrons. The third-order valence-corrected chi connectivity index (χ3v) is 2.53. The predicted octanol–water partition coefficient (Wildman–Crippen LogP) is 2.51. The average Bonchev–Trinajstić information content (AvgIpc) is 2.41. The third kappa shape index (κ3) is 9.85. The molecule has 0 atom stereocenters. The number of hydrogen-bond donors (Lipinski definition) is 0. The summed E-state index contributed by atoms with van der Waals surface area (Å²) in [6, 6.07) is 0. The summed E-state index contributed by atoms with van der Waals surface area (Å²) in [5, 5.41) is 0. The van der Waals surface area contributed by atoms with Crippen LogP contribution in [-0.2, 0) is 23.8 Å². The van der Waals surface area contributed by atoms with E-state index in [4.69, 9.17) is 14.2 Å². The summed E-state index contributed by atoms with van der Waals surface area (Å²) < 4.78 is 15.7. The Kier molecular flexibility index (Phi) is 7.95. The lowest BCUT2D eigenvalue weighted by atomic mass is 9.94. The first kappa shape index (κ1) is 19.4. The second-order valence-electron chi connectivity index (χ2n) is 6.44. The first-order valence-corrected chi connectivity index (χ1v) is 6.78. The molecule has 0 unspecified atom stereocenters. The molecule has 0 fully saturated rings. The van der Waals surface area contributed by atoms with Crippen molar-refractivity contribution in [2.24, 2.45) is 10.8 Å². The van der Waals surface area contributed by atoms with Crippen LogP contribution >= 0.6 is 0 Å². The van der Waals surface area contributed by atoms with Crippen molar-refractivity contribution >= 4 is 11.9 Å². The van der Waals surface area contributed by atoms with E-state index in [9.17, 15) is 9.59 Å².